The first-order valence-corrected chi connectivity index (χ1v) is 10.4. The van der Waals surface area contributed by atoms with Gasteiger partial charge < -0.3 is 25.0 Å². The Kier molecular flexibility index (Phi) is 7.86. The van der Waals surface area contributed by atoms with Crippen LogP contribution in [0.3, 0.4) is 0 Å². The molecule has 1 unspecified atom stereocenters. The second-order valence-corrected chi connectivity index (χ2v) is 7.11. The lowest BCUT2D eigenvalue weighted by molar-refractivity contribution is -0.151. The molecule has 31 heavy (non-hydrogen) atoms. The Balaban J connectivity index is 1.54. The van der Waals surface area contributed by atoms with Crippen molar-refractivity contribution in [2.24, 2.45) is 0 Å². The van der Waals surface area contributed by atoms with E-state index >= 15 is 0 Å². The Bertz CT molecular complexity index is 886. The summed E-state index contributed by atoms with van der Waals surface area (Å²) in [6.45, 7) is 2.90. The summed E-state index contributed by atoms with van der Waals surface area (Å²) >= 11 is 0. The molecule has 2 amide bonds. The maximum atomic E-state index is 12.7. The molecule has 0 aliphatic carbocycles. The van der Waals surface area contributed by atoms with Crippen LogP contribution < -0.4 is 15.4 Å². The summed E-state index contributed by atoms with van der Waals surface area (Å²) in [5.41, 5.74) is 0.745. The molecule has 164 valence electrons. The number of amides is 2. The van der Waals surface area contributed by atoms with Crippen LogP contribution in [0.15, 0.2) is 54.6 Å². The molecule has 0 saturated carbocycles. The van der Waals surface area contributed by atoms with Gasteiger partial charge in [0, 0.05) is 18.8 Å². The molecule has 1 atom stereocenters. The third-order valence-corrected chi connectivity index (χ3v) is 4.76. The van der Waals surface area contributed by atoms with E-state index < -0.39 is 12.0 Å². The smallest absolute Gasteiger partial charge is 0.308 e. The highest BCUT2D eigenvalue weighted by molar-refractivity contribution is 5.93. The molecular weight excluding hydrogens is 398 g/mol. The highest BCUT2D eigenvalue weighted by atomic mass is 16.5. The fourth-order valence-electron chi connectivity index (χ4n) is 3.19. The van der Waals surface area contributed by atoms with Gasteiger partial charge in [-0.2, -0.15) is 0 Å². The summed E-state index contributed by atoms with van der Waals surface area (Å²) in [7, 11) is 0. The fourth-order valence-corrected chi connectivity index (χ4v) is 3.19. The Morgan fingerprint density at radius 2 is 1.81 bits per heavy atom. The van der Waals surface area contributed by atoms with Crippen LogP contribution in [0.1, 0.15) is 19.8 Å². The third kappa shape index (κ3) is 6.47. The molecule has 8 heteroatoms. The lowest BCUT2D eigenvalue weighted by Crippen LogP contribution is -2.58. The van der Waals surface area contributed by atoms with Crippen molar-refractivity contribution in [3.05, 3.63) is 54.6 Å². The average Bonchev–Trinajstić information content (AvgIpc) is 2.79. The maximum absolute atomic E-state index is 12.7. The van der Waals surface area contributed by atoms with Crippen LogP contribution in [0, 0.1) is 0 Å². The van der Waals surface area contributed by atoms with Gasteiger partial charge in [-0.05, 0) is 42.8 Å². The summed E-state index contributed by atoms with van der Waals surface area (Å²) in [5.74, 6) is 0.346. The minimum absolute atomic E-state index is 0.00662. The van der Waals surface area contributed by atoms with E-state index in [1.807, 2.05) is 49.4 Å². The second-order valence-electron chi connectivity index (χ2n) is 7.11. The van der Waals surface area contributed by atoms with Crippen LogP contribution in [0.25, 0.3) is 0 Å². The molecule has 0 radical (unpaired) electrons. The number of hydrogen-bond acceptors (Lipinski definition) is 6. The van der Waals surface area contributed by atoms with Crippen molar-refractivity contribution in [1.29, 1.82) is 0 Å². The van der Waals surface area contributed by atoms with Crippen LogP contribution in [0.2, 0.25) is 0 Å². The second kappa shape index (κ2) is 11.0. The average molecular weight is 425 g/mol. The lowest BCUT2D eigenvalue weighted by Gasteiger charge is -2.34. The van der Waals surface area contributed by atoms with Crippen LogP contribution in [0.5, 0.6) is 11.5 Å². The van der Waals surface area contributed by atoms with Crippen molar-refractivity contribution in [1.82, 2.24) is 10.2 Å². The van der Waals surface area contributed by atoms with Gasteiger partial charge in [0.15, 0.2) is 0 Å². The molecule has 8 nitrogen and oxygen atoms in total. The molecule has 1 saturated heterocycles. The van der Waals surface area contributed by atoms with Gasteiger partial charge in [-0.3, -0.25) is 14.4 Å². The molecular formula is C23H27N3O5. The molecule has 3 rings (SSSR count). The number of ether oxygens (including phenoxy) is 2. The van der Waals surface area contributed by atoms with Crippen molar-refractivity contribution in [3.63, 3.8) is 0 Å². The Labute approximate surface area is 181 Å². The van der Waals surface area contributed by atoms with E-state index in [0.717, 1.165) is 11.4 Å². The SMILES string of the molecule is CCCOC(=O)CC1C(=O)NCCN1C(=O)CNc1ccc(Oc2ccccc2)cc1. The number of anilines is 1. The fraction of sp³-hybridized carbons (Fsp3) is 0.348. The molecule has 1 fully saturated rings. The molecule has 0 bridgehead atoms. The monoisotopic (exact) mass is 425 g/mol. The molecule has 2 aromatic carbocycles. The minimum atomic E-state index is -0.853. The first-order valence-electron chi connectivity index (χ1n) is 10.4. The van der Waals surface area contributed by atoms with E-state index in [1.165, 1.54) is 4.90 Å². The summed E-state index contributed by atoms with van der Waals surface area (Å²) < 4.78 is 10.8. The number of piperazine rings is 1. The number of rotatable bonds is 9. The van der Waals surface area contributed by atoms with E-state index in [4.69, 9.17) is 9.47 Å². The summed E-state index contributed by atoms with van der Waals surface area (Å²) in [4.78, 5) is 38.4. The van der Waals surface area contributed by atoms with Gasteiger partial charge in [-0.15, -0.1) is 0 Å². The quantitative estimate of drug-likeness (QED) is 0.600. The van der Waals surface area contributed by atoms with Crippen LogP contribution in [-0.4, -0.2) is 55.0 Å². The first-order chi connectivity index (χ1) is 15.1. The highest BCUT2D eigenvalue weighted by Gasteiger charge is 2.34. The van der Waals surface area contributed by atoms with Gasteiger partial charge in [-0.1, -0.05) is 25.1 Å². The molecule has 1 heterocycles. The topological polar surface area (TPSA) is 97.0 Å². The largest absolute Gasteiger partial charge is 0.466 e. The zero-order chi connectivity index (χ0) is 22.1. The Morgan fingerprint density at radius 3 is 2.52 bits per heavy atom. The number of nitrogens with one attached hydrogen (secondary N) is 2. The zero-order valence-corrected chi connectivity index (χ0v) is 17.5. The maximum Gasteiger partial charge on any atom is 0.308 e. The standard InChI is InChI=1S/C23H27N3O5/c1-2-14-30-22(28)15-20-23(29)24-12-13-26(20)21(27)16-25-17-8-10-19(11-9-17)31-18-6-4-3-5-7-18/h3-11,20,25H,2,12-16H2,1H3,(H,24,29). The molecule has 1 aliphatic heterocycles. The predicted octanol–water partition coefficient (Wildman–Crippen LogP) is 2.56. The number of para-hydroxylation sites is 1. The number of carbonyl (C=O) groups is 3. The Hall–Kier alpha value is -3.55. The van der Waals surface area contributed by atoms with Gasteiger partial charge in [0.2, 0.25) is 11.8 Å². The predicted molar refractivity (Wildman–Crippen MR) is 116 cm³/mol. The number of benzene rings is 2. The van der Waals surface area contributed by atoms with Crippen molar-refractivity contribution in [2.75, 3.05) is 31.6 Å². The summed E-state index contributed by atoms with van der Waals surface area (Å²) in [6.07, 6.45) is 0.549. The highest BCUT2D eigenvalue weighted by Crippen LogP contribution is 2.22. The molecule has 0 aromatic heterocycles. The van der Waals surface area contributed by atoms with Crippen molar-refractivity contribution in [3.8, 4) is 11.5 Å². The number of hydrogen-bond donors (Lipinski definition) is 2. The van der Waals surface area contributed by atoms with Gasteiger partial charge in [0.05, 0.1) is 19.6 Å². The summed E-state index contributed by atoms with van der Waals surface area (Å²) in [6, 6.07) is 15.8. The van der Waals surface area contributed by atoms with E-state index in [1.54, 1.807) is 12.1 Å². The zero-order valence-electron chi connectivity index (χ0n) is 17.5. The van der Waals surface area contributed by atoms with Gasteiger partial charge in [-0.25, -0.2) is 0 Å². The van der Waals surface area contributed by atoms with Gasteiger partial charge in [0.25, 0.3) is 0 Å². The third-order valence-electron chi connectivity index (χ3n) is 4.76. The van der Waals surface area contributed by atoms with Crippen molar-refractivity contribution < 1.29 is 23.9 Å². The van der Waals surface area contributed by atoms with E-state index in [-0.39, 0.29) is 24.8 Å². The first kappa shape index (κ1) is 22.1. The molecule has 2 aromatic rings. The lowest BCUT2D eigenvalue weighted by atomic mass is 10.1. The molecule has 0 spiro atoms. The number of esters is 1. The van der Waals surface area contributed by atoms with Crippen LogP contribution >= 0.6 is 0 Å². The molecule has 1 aliphatic rings. The molecule has 2 N–H and O–H groups in total. The summed E-state index contributed by atoms with van der Waals surface area (Å²) in [5, 5.41) is 5.76. The number of nitrogens with zero attached hydrogens (tertiary/aromatic N) is 1. The van der Waals surface area contributed by atoms with Gasteiger partial charge in [0.1, 0.15) is 17.5 Å². The van der Waals surface area contributed by atoms with Gasteiger partial charge >= 0.3 is 5.97 Å². The minimum Gasteiger partial charge on any atom is -0.466 e. The van der Waals surface area contributed by atoms with E-state index in [2.05, 4.69) is 10.6 Å². The Morgan fingerprint density at radius 1 is 1.10 bits per heavy atom. The van der Waals surface area contributed by atoms with E-state index in [0.29, 0.717) is 31.9 Å². The van der Waals surface area contributed by atoms with Crippen molar-refractivity contribution >= 4 is 23.5 Å². The van der Waals surface area contributed by atoms with Crippen LogP contribution in [-0.2, 0) is 19.1 Å². The number of carbonyl (C=O) groups excluding carboxylic acids is 3. The normalized spacial score (nSPS) is 15.7. The van der Waals surface area contributed by atoms with E-state index in [9.17, 15) is 14.4 Å². The van der Waals surface area contributed by atoms with Crippen molar-refractivity contribution in [2.45, 2.75) is 25.8 Å². The van der Waals surface area contributed by atoms with Crippen LogP contribution in [0.4, 0.5) is 5.69 Å².